The number of amides is 1. The largest absolute Gasteiger partial charge is 0.436 e. The van der Waals surface area contributed by atoms with Crippen LogP contribution in [0.5, 0.6) is 0 Å². The van der Waals surface area contributed by atoms with Crippen molar-refractivity contribution in [2.45, 2.75) is 19.3 Å². The summed E-state index contributed by atoms with van der Waals surface area (Å²) >= 11 is 0. The Bertz CT molecular complexity index is 630. The van der Waals surface area contributed by atoms with Gasteiger partial charge in [-0.25, -0.2) is 0 Å². The number of anilines is 3. The van der Waals surface area contributed by atoms with E-state index >= 15 is 0 Å². The monoisotopic (exact) mass is 285 g/mol. The summed E-state index contributed by atoms with van der Waals surface area (Å²) in [6, 6.07) is 11.0. The molecule has 5 nitrogen and oxygen atoms in total. The number of nitrogens with two attached hydrogens (primary N) is 1. The standard InChI is InChI=1S/C16H19N3O2/c17-15-9-8-14(21-15)16(20)18-12-6-2-3-7-13(12)19-10-4-1-5-11-19/h2-3,6-9H,1,4-5,10-11,17H2,(H,18,20). The van der Waals surface area contributed by atoms with E-state index in [1.807, 2.05) is 24.3 Å². The Labute approximate surface area is 123 Å². The topological polar surface area (TPSA) is 71.5 Å². The van der Waals surface area contributed by atoms with Crippen LogP contribution in [-0.2, 0) is 0 Å². The Kier molecular flexibility index (Phi) is 3.81. The second kappa shape index (κ2) is 5.91. The fourth-order valence-electron chi connectivity index (χ4n) is 2.65. The Hall–Kier alpha value is -2.43. The van der Waals surface area contributed by atoms with Gasteiger partial charge in [0.15, 0.2) is 11.6 Å². The van der Waals surface area contributed by atoms with Gasteiger partial charge in [0.25, 0.3) is 5.91 Å². The van der Waals surface area contributed by atoms with E-state index in [1.54, 1.807) is 12.1 Å². The number of benzene rings is 1. The van der Waals surface area contributed by atoms with E-state index in [9.17, 15) is 4.79 Å². The van der Waals surface area contributed by atoms with Crippen LogP contribution in [0, 0.1) is 0 Å². The lowest BCUT2D eigenvalue weighted by Crippen LogP contribution is -2.30. The van der Waals surface area contributed by atoms with Gasteiger partial charge in [-0.05, 0) is 37.5 Å². The van der Waals surface area contributed by atoms with Crippen LogP contribution >= 0.6 is 0 Å². The van der Waals surface area contributed by atoms with E-state index in [2.05, 4.69) is 10.2 Å². The van der Waals surface area contributed by atoms with Crippen molar-refractivity contribution >= 4 is 23.2 Å². The quantitative estimate of drug-likeness (QED) is 0.909. The van der Waals surface area contributed by atoms with Gasteiger partial charge in [-0.2, -0.15) is 0 Å². The molecule has 1 amide bonds. The summed E-state index contributed by atoms with van der Waals surface area (Å²) < 4.78 is 5.15. The number of furan rings is 1. The maximum atomic E-state index is 12.2. The third-order valence-electron chi connectivity index (χ3n) is 3.70. The highest BCUT2D eigenvalue weighted by Crippen LogP contribution is 2.28. The second-order valence-electron chi connectivity index (χ2n) is 5.22. The number of rotatable bonds is 3. The first-order chi connectivity index (χ1) is 10.2. The highest BCUT2D eigenvalue weighted by atomic mass is 16.4. The molecule has 1 aromatic carbocycles. The van der Waals surface area contributed by atoms with Crippen molar-refractivity contribution in [3.8, 4) is 0 Å². The van der Waals surface area contributed by atoms with Crippen molar-refractivity contribution in [2.75, 3.05) is 29.0 Å². The van der Waals surface area contributed by atoms with Gasteiger partial charge < -0.3 is 20.4 Å². The first kappa shape index (κ1) is 13.5. The Balaban J connectivity index is 1.80. The van der Waals surface area contributed by atoms with Crippen LogP contribution in [-0.4, -0.2) is 19.0 Å². The van der Waals surface area contributed by atoms with Crippen LogP contribution in [0.1, 0.15) is 29.8 Å². The summed E-state index contributed by atoms with van der Waals surface area (Å²) in [4.78, 5) is 14.5. The summed E-state index contributed by atoms with van der Waals surface area (Å²) in [7, 11) is 0. The Morgan fingerprint density at radius 2 is 1.86 bits per heavy atom. The zero-order valence-electron chi connectivity index (χ0n) is 11.8. The molecule has 0 aliphatic carbocycles. The molecular weight excluding hydrogens is 266 g/mol. The lowest BCUT2D eigenvalue weighted by molar-refractivity contribution is 0.0997. The van der Waals surface area contributed by atoms with Crippen LogP contribution in [0.3, 0.4) is 0 Å². The fraction of sp³-hybridized carbons (Fsp3) is 0.312. The lowest BCUT2D eigenvalue weighted by Gasteiger charge is -2.30. The van der Waals surface area contributed by atoms with Crippen molar-refractivity contribution in [2.24, 2.45) is 0 Å². The van der Waals surface area contributed by atoms with E-state index < -0.39 is 0 Å². The summed E-state index contributed by atoms with van der Waals surface area (Å²) in [5.41, 5.74) is 7.37. The number of hydrogen-bond acceptors (Lipinski definition) is 4. The average Bonchev–Trinajstić information content (AvgIpc) is 2.95. The molecular formula is C16H19N3O2. The van der Waals surface area contributed by atoms with E-state index in [-0.39, 0.29) is 17.6 Å². The molecule has 0 bridgehead atoms. The molecule has 21 heavy (non-hydrogen) atoms. The van der Waals surface area contributed by atoms with Gasteiger partial charge in [0.1, 0.15) is 0 Å². The number of hydrogen-bond donors (Lipinski definition) is 2. The lowest BCUT2D eigenvalue weighted by atomic mass is 10.1. The normalized spacial score (nSPS) is 15.0. The van der Waals surface area contributed by atoms with Crippen LogP contribution in [0.2, 0.25) is 0 Å². The van der Waals surface area contributed by atoms with Crippen LogP contribution in [0.4, 0.5) is 17.3 Å². The summed E-state index contributed by atoms with van der Waals surface area (Å²) in [6.45, 7) is 2.06. The van der Waals surface area contributed by atoms with Gasteiger partial charge in [0.05, 0.1) is 11.4 Å². The minimum Gasteiger partial charge on any atom is -0.436 e. The molecule has 3 N–H and O–H groups in total. The number of para-hydroxylation sites is 2. The Morgan fingerprint density at radius 3 is 2.57 bits per heavy atom. The molecule has 1 saturated heterocycles. The van der Waals surface area contributed by atoms with Gasteiger partial charge in [-0.15, -0.1) is 0 Å². The van der Waals surface area contributed by atoms with Gasteiger partial charge in [0, 0.05) is 19.2 Å². The average molecular weight is 285 g/mol. The summed E-state index contributed by atoms with van der Waals surface area (Å²) in [5.74, 6) is 0.182. The number of nitrogen functional groups attached to an aromatic ring is 1. The minimum atomic E-state index is -0.281. The SMILES string of the molecule is Nc1ccc(C(=O)Nc2ccccc2N2CCCCC2)o1. The van der Waals surface area contributed by atoms with Crippen LogP contribution < -0.4 is 16.0 Å². The number of carbonyl (C=O) groups excluding carboxylic acids is 1. The van der Waals surface area contributed by atoms with Gasteiger partial charge in [-0.3, -0.25) is 4.79 Å². The van der Waals surface area contributed by atoms with Crippen LogP contribution in [0.15, 0.2) is 40.8 Å². The fourth-order valence-corrected chi connectivity index (χ4v) is 2.65. The zero-order chi connectivity index (χ0) is 14.7. The summed E-state index contributed by atoms with van der Waals surface area (Å²) in [5, 5.41) is 2.91. The molecule has 0 saturated carbocycles. The summed E-state index contributed by atoms with van der Waals surface area (Å²) in [6.07, 6.45) is 3.66. The first-order valence-corrected chi connectivity index (χ1v) is 7.25. The third kappa shape index (κ3) is 3.02. The molecule has 0 radical (unpaired) electrons. The van der Waals surface area contributed by atoms with Gasteiger partial charge in [-0.1, -0.05) is 12.1 Å². The maximum absolute atomic E-state index is 12.2. The smallest absolute Gasteiger partial charge is 0.291 e. The molecule has 1 aliphatic heterocycles. The highest BCUT2D eigenvalue weighted by Gasteiger charge is 2.17. The third-order valence-corrected chi connectivity index (χ3v) is 3.70. The van der Waals surface area contributed by atoms with E-state index in [0.717, 1.165) is 24.5 Å². The second-order valence-corrected chi connectivity index (χ2v) is 5.22. The van der Waals surface area contributed by atoms with Crippen molar-refractivity contribution in [1.82, 2.24) is 0 Å². The minimum absolute atomic E-state index is 0.223. The van der Waals surface area contributed by atoms with Crippen molar-refractivity contribution in [3.05, 3.63) is 42.2 Å². The first-order valence-electron chi connectivity index (χ1n) is 7.25. The molecule has 5 heteroatoms. The van der Waals surface area contributed by atoms with E-state index in [1.165, 1.54) is 19.3 Å². The van der Waals surface area contributed by atoms with Crippen molar-refractivity contribution in [3.63, 3.8) is 0 Å². The molecule has 110 valence electrons. The molecule has 2 heterocycles. The number of carbonyl (C=O) groups is 1. The number of nitrogens with zero attached hydrogens (tertiary/aromatic N) is 1. The molecule has 1 aliphatic rings. The predicted octanol–water partition coefficient (Wildman–Crippen LogP) is 3.10. The van der Waals surface area contributed by atoms with Gasteiger partial charge in [0.2, 0.25) is 0 Å². The van der Waals surface area contributed by atoms with Crippen LogP contribution in [0.25, 0.3) is 0 Å². The Morgan fingerprint density at radius 1 is 1.10 bits per heavy atom. The molecule has 3 rings (SSSR count). The highest BCUT2D eigenvalue weighted by molar-refractivity contribution is 6.04. The predicted molar refractivity (Wildman–Crippen MR) is 83.6 cm³/mol. The van der Waals surface area contributed by atoms with E-state index in [0.29, 0.717) is 0 Å². The van der Waals surface area contributed by atoms with E-state index in [4.69, 9.17) is 10.2 Å². The van der Waals surface area contributed by atoms with Crippen molar-refractivity contribution < 1.29 is 9.21 Å². The maximum Gasteiger partial charge on any atom is 0.291 e. The molecule has 1 aromatic heterocycles. The molecule has 0 unspecified atom stereocenters. The van der Waals surface area contributed by atoms with Gasteiger partial charge >= 0.3 is 0 Å². The molecule has 1 fully saturated rings. The molecule has 0 spiro atoms. The number of piperidine rings is 1. The molecule has 0 atom stereocenters. The zero-order valence-corrected chi connectivity index (χ0v) is 11.8. The number of nitrogens with one attached hydrogen (secondary N) is 1. The molecule has 2 aromatic rings. The van der Waals surface area contributed by atoms with Crippen molar-refractivity contribution in [1.29, 1.82) is 0 Å².